The molecular weight excluding hydrogens is 320 g/mol. The van der Waals surface area contributed by atoms with Crippen LogP contribution >= 0.6 is 0 Å². The van der Waals surface area contributed by atoms with Gasteiger partial charge in [0.1, 0.15) is 0 Å². The molecular formula is C20H31NO4. The zero-order chi connectivity index (χ0) is 17.6. The maximum atomic E-state index is 9.83. The third kappa shape index (κ3) is 4.66. The molecule has 1 aliphatic carbocycles. The van der Waals surface area contributed by atoms with Crippen molar-refractivity contribution in [1.29, 1.82) is 0 Å². The second-order valence-corrected chi connectivity index (χ2v) is 7.14. The van der Waals surface area contributed by atoms with E-state index in [0.717, 1.165) is 43.9 Å². The Morgan fingerprint density at radius 2 is 1.88 bits per heavy atom. The van der Waals surface area contributed by atoms with E-state index in [1.54, 1.807) is 14.2 Å². The summed E-state index contributed by atoms with van der Waals surface area (Å²) in [4.78, 5) is 2.44. The molecule has 3 atom stereocenters. The van der Waals surface area contributed by atoms with E-state index in [2.05, 4.69) is 11.0 Å². The Morgan fingerprint density at radius 1 is 1.08 bits per heavy atom. The first-order chi connectivity index (χ1) is 12.2. The molecule has 0 radical (unpaired) electrons. The molecule has 2 fully saturated rings. The highest BCUT2D eigenvalue weighted by Crippen LogP contribution is 2.30. The molecule has 0 spiro atoms. The van der Waals surface area contributed by atoms with Crippen molar-refractivity contribution in [2.75, 3.05) is 33.9 Å². The number of rotatable bonds is 7. The van der Waals surface area contributed by atoms with E-state index >= 15 is 0 Å². The van der Waals surface area contributed by atoms with Gasteiger partial charge in [-0.3, -0.25) is 4.90 Å². The smallest absolute Gasteiger partial charge is 0.160 e. The minimum Gasteiger partial charge on any atom is -0.493 e. The van der Waals surface area contributed by atoms with Crippen LogP contribution in [-0.4, -0.2) is 62.2 Å². The van der Waals surface area contributed by atoms with Crippen molar-refractivity contribution in [3.8, 4) is 11.5 Å². The maximum Gasteiger partial charge on any atom is 0.160 e. The average molecular weight is 351 g/mol. The Hall–Kier alpha value is -1.30. The van der Waals surface area contributed by atoms with Crippen molar-refractivity contribution >= 4 is 0 Å². The Bertz CT molecular complexity index is 550. The molecule has 0 aromatic heterocycles. The Morgan fingerprint density at radius 3 is 2.60 bits per heavy atom. The number of hydrogen-bond acceptors (Lipinski definition) is 5. The zero-order valence-electron chi connectivity index (χ0n) is 15.4. The number of benzene rings is 1. The van der Waals surface area contributed by atoms with Crippen molar-refractivity contribution in [2.45, 2.75) is 56.8 Å². The molecule has 1 saturated carbocycles. The highest BCUT2D eigenvalue weighted by atomic mass is 16.6. The van der Waals surface area contributed by atoms with E-state index in [4.69, 9.17) is 14.2 Å². The number of nitrogens with zero attached hydrogens (tertiary/aromatic N) is 1. The van der Waals surface area contributed by atoms with Crippen molar-refractivity contribution in [3.63, 3.8) is 0 Å². The topological polar surface area (TPSA) is 51.2 Å². The summed E-state index contributed by atoms with van der Waals surface area (Å²) in [5.74, 6) is 1.52. The Balaban J connectivity index is 1.53. The van der Waals surface area contributed by atoms with Gasteiger partial charge >= 0.3 is 0 Å². The summed E-state index contributed by atoms with van der Waals surface area (Å²) in [6, 6.07) is 6.51. The van der Waals surface area contributed by atoms with Gasteiger partial charge in [-0.1, -0.05) is 18.9 Å². The lowest BCUT2D eigenvalue weighted by molar-refractivity contribution is -0.0316. The largest absolute Gasteiger partial charge is 0.493 e. The maximum absolute atomic E-state index is 9.83. The SMILES string of the molecule is [13CH3]Oc1ccc(CCO[C@H]2CCCC[C@H]2N2CC[C@@H](O)C2)cc1O[13CH3]. The first-order valence-electron chi connectivity index (χ1n) is 9.46. The van der Waals surface area contributed by atoms with Gasteiger partial charge in [0.25, 0.3) is 0 Å². The first-order valence-corrected chi connectivity index (χ1v) is 9.46. The molecule has 140 valence electrons. The molecule has 1 saturated heterocycles. The van der Waals surface area contributed by atoms with E-state index in [1.165, 1.54) is 24.8 Å². The summed E-state index contributed by atoms with van der Waals surface area (Å²) in [6.45, 7) is 2.52. The molecule has 0 bridgehead atoms. The molecule has 1 aliphatic heterocycles. The summed E-state index contributed by atoms with van der Waals surface area (Å²) in [7, 11) is 3.31. The lowest BCUT2D eigenvalue weighted by Gasteiger charge is -2.37. The molecule has 1 heterocycles. The van der Waals surface area contributed by atoms with Crippen molar-refractivity contribution in [3.05, 3.63) is 23.8 Å². The minimum atomic E-state index is -0.158. The number of aliphatic hydroxyl groups is 1. The van der Waals surface area contributed by atoms with Crippen LogP contribution in [0.25, 0.3) is 0 Å². The predicted molar refractivity (Wildman–Crippen MR) is 97.4 cm³/mol. The van der Waals surface area contributed by atoms with Crippen LogP contribution in [0.2, 0.25) is 0 Å². The number of methoxy groups -OCH3 is 2. The zero-order valence-corrected chi connectivity index (χ0v) is 15.4. The number of likely N-dealkylation sites (tertiary alicyclic amines) is 1. The third-order valence-corrected chi connectivity index (χ3v) is 5.50. The lowest BCUT2D eigenvalue weighted by atomic mass is 9.91. The molecule has 1 aromatic rings. The number of hydrogen-bond donors (Lipinski definition) is 1. The fourth-order valence-electron chi connectivity index (χ4n) is 4.12. The van der Waals surface area contributed by atoms with Crippen LogP contribution < -0.4 is 9.47 Å². The predicted octanol–water partition coefficient (Wildman–Crippen LogP) is 2.64. The fourth-order valence-corrected chi connectivity index (χ4v) is 4.12. The second-order valence-electron chi connectivity index (χ2n) is 7.14. The molecule has 0 unspecified atom stereocenters. The van der Waals surface area contributed by atoms with Crippen LogP contribution in [0.3, 0.4) is 0 Å². The van der Waals surface area contributed by atoms with Crippen molar-refractivity contribution in [2.24, 2.45) is 0 Å². The summed E-state index contributed by atoms with van der Waals surface area (Å²) in [5.41, 5.74) is 1.20. The van der Waals surface area contributed by atoms with Crippen LogP contribution in [0.5, 0.6) is 11.5 Å². The van der Waals surface area contributed by atoms with Gasteiger partial charge in [0.15, 0.2) is 11.5 Å². The van der Waals surface area contributed by atoms with Gasteiger partial charge in [-0.2, -0.15) is 0 Å². The number of aliphatic hydroxyl groups excluding tert-OH is 1. The normalized spacial score (nSPS) is 27.4. The molecule has 2 aliphatic rings. The van der Waals surface area contributed by atoms with Gasteiger partial charge in [0.2, 0.25) is 0 Å². The summed E-state index contributed by atoms with van der Waals surface area (Å²) >= 11 is 0. The van der Waals surface area contributed by atoms with Crippen LogP contribution in [0.1, 0.15) is 37.7 Å². The van der Waals surface area contributed by atoms with E-state index in [-0.39, 0.29) is 6.10 Å². The van der Waals surface area contributed by atoms with Crippen LogP contribution in [0.15, 0.2) is 18.2 Å². The van der Waals surface area contributed by atoms with Gasteiger partial charge < -0.3 is 19.3 Å². The molecule has 5 heteroatoms. The first kappa shape index (κ1) is 18.5. The highest BCUT2D eigenvalue weighted by Gasteiger charge is 2.34. The van der Waals surface area contributed by atoms with Gasteiger partial charge in [0, 0.05) is 19.1 Å². The molecule has 0 amide bonds. The summed E-state index contributed by atoms with van der Waals surface area (Å²) in [5, 5.41) is 9.83. The standard InChI is InChI=1S/C20H31NO4/c1-23-19-8-7-15(13-20(19)24-2)10-12-25-18-6-4-3-5-17(18)21-11-9-16(22)14-21/h7-8,13,16-18,22H,3-6,9-12,14H2,1-2H3/t16-,17-,18+/m1/s1/i1+1,2+1. The molecule has 5 nitrogen and oxygen atoms in total. The molecule has 1 aromatic carbocycles. The van der Waals surface area contributed by atoms with E-state index < -0.39 is 0 Å². The third-order valence-electron chi connectivity index (χ3n) is 5.50. The minimum absolute atomic E-state index is 0.158. The van der Waals surface area contributed by atoms with Crippen molar-refractivity contribution < 1.29 is 19.3 Å². The fraction of sp³-hybridized carbons (Fsp3) is 0.700. The average Bonchev–Trinajstić information content (AvgIpc) is 3.08. The molecule has 3 rings (SSSR count). The van der Waals surface area contributed by atoms with Crippen LogP contribution in [-0.2, 0) is 11.2 Å². The van der Waals surface area contributed by atoms with Gasteiger partial charge in [-0.25, -0.2) is 0 Å². The van der Waals surface area contributed by atoms with Crippen LogP contribution in [0.4, 0.5) is 0 Å². The monoisotopic (exact) mass is 351 g/mol. The van der Waals surface area contributed by atoms with E-state index in [0.29, 0.717) is 18.8 Å². The van der Waals surface area contributed by atoms with E-state index in [1.807, 2.05) is 12.1 Å². The van der Waals surface area contributed by atoms with Gasteiger partial charge in [-0.15, -0.1) is 0 Å². The number of ether oxygens (including phenoxy) is 3. The lowest BCUT2D eigenvalue weighted by Crippen LogP contribution is -2.46. The van der Waals surface area contributed by atoms with Crippen molar-refractivity contribution in [1.82, 2.24) is 4.90 Å². The Kier molecular flexibility index (Phi) is 6.57. The molecule has 25 heavy (non-hydrogen) atoms. The van der Waals surface area contributed by atoms with Gasteiger partial charge in [-0.05, 0) is 43.4 Å². The quantitative estimate of drug-likeness (QED) is 0.766. The van der Waals surface area contributed by atoms with Gasteiger partial charge in [0.05, 0.1) is 33.0 Å². The highest BCUT2D eigenvalue weighted by molar-refractivity contribution is 5.42. The second kappa shape index (κ2) is 8.88. The Labute approximate surface area is 150 Å². The molecule has 1 N–H and O–H groups in total. The van der Waals surface area contributed by atoms with Crippen LogP contribution in [0, 0.1) is 0 Å². The number of β-amino-alcohol motifs (C(OH)–C–C–N with tert-alkyl or cyclic N) is 1. The van der Waals surface area contributed by atoms with E-state index in [9.17, 15) is 5.11 Å². The summed E-state index contributed by atoms with van der Waals surface area (Å²) < 4.78 is 16.9. The summed E-state index contributed by atoms with van der Waals surface area (Å²) in [6.07, 6.45) is 6.73.